The summed E-state index contributed by atoms with van der Waals surface area (Å²) >= 11 is 0. The van der Waals surface area contributed by atoms with Gasteiger partial charge in [-0.05, 0) is 12.0 Å². The molecule has 0 radical (unpaired) electrons. The van der Waals surface area contributed by atoms with Gasteiger partial charge in [-0.3, -0.25) is 4.79 Å². The van der Waals surface area contributed by atoms with E-state index in [1.807, 2.05) is 12.2 Å². The maximum absolute atomic E-state index is 10.0. The first kappa shape index (κ1) is 10.7. The van der Waals surface area contributed by atoms with Gasteiger partial charge in [-0.1, -0.05) is 37.8 Å². The van der Waals surface area contributed by atoms with Crippen LogP contribution in [0.25, 0.3) is 0 Å². The van der Waals surface area contributed by atoms with Crippen LogP contribution < -0.4 is 5.32 Å². The van der Waals surface area contributed by atoms with E-state index >= 15 is 0 Å². The smallest absolute Gasteiger partial charge is 0.207 e. The second-order valence-electron chi connectivity index (χ2n) is 2.28. The molecule has 0 saturated heterocycles. The van der Waals surface area contributed by atoms with Gasteiger partial charge in [-0.15, -0.1) is 0 Å². The maximum atomic E-state index is 10.0. The van der Waals surface area contributed by atoms with Crippen LogP contribution >= 0.6 is 0 Å². The van der Waals surface area contributed by atoms with Crippen LogP contribution in [0.2, 0.25) is 0 Å². The normalized spacial score (nSPS) is 11.6. The number of hydrogen-bond acceptors (Lipinski definition) is 1. The molecule has 0 saturated carbocycles. The second kappa shape index (κ2) is 7.79. The second-order valence-corrected chi connectivity index (χ2v) is 2.28. The highest BCUT2D eigenvalue weighted by Gasteiger charge is 1.88. The summed E-state index contributed by atoms with van der Waals surface area (Å²) in [5.41, 5.74) is 1.10. The molecule has 0 fully saturated rings. The molecule has 66 valence electrons. The number of carbonyl (C=O) groups is 1. The minimum absolute atomic E-state index is 0.585. The number of allylic oxidation sites excluding steroid dienone is 3. The Hall–Kier alpha value is -1.31. The Morgan fingerprint density at radius 1 is 1.58 bits per heavy atom. The Labute approximate surface area is 73.7 Å². The molecule has 0 aromatic heterocycles. The van der Waals surface area contributed by atoms with Crippen molar-refractivity contribution in [2.75, 3.05) is 6.54 Å². The van der Waals surface area contributed by atoms with Gasteiger partial charge in [0.1, 0.15) is 0 Å². The van der Waals surface area contributed by atoms with Gasteiger partial charge >= 0.3 is 0 Å². The van der Waals surface area contributed by atoms with Crippen molar-refractivity contribution in [1.29, 1.82) is 0 Å². The van der Waals surface area contributed by atoms with Crippen molar-refractivity contribution in [3.63, 3.8) is 0 Å². The summed E-state index contributed by atoms with van der Waals surface area (Å²) in [6.45, 7) is 6.21. The topological polar surface area (TPSA) is 29.1 Å². The molecule has 2 heteroatoms. The third-order valence-corrected chi connectivity index (χ3v) is 1.30. The van der Waals surface area contributed by atoms with Crippen LogP contribution in [0.15, 0.2) is 36.5 Å². The molecule has 1 N–H and O–H groups in total. The highest BCUT2D eigenvalue weighted by atomic mass is 16.1. The lowest BCUT2D eigenvalue weighted by molar-refractivity contribution is -0.109. The molecular formula is C10H15NO. The molecule has 0 bridgehead atoms. The fourth-order valence-electron chi connectivity index (χ4n) is 0.812. The summed E-state index contributed by atoms with van der Waals surface area (Å²) in [6.07, 6.45) is 9.24. The SMILES string of the molecule is C=C/C=C\C(=C/CC)CNC=O. The molecule has 0 heterocycles. The Bertz CT molecular complexity index is 192. The lowest BCUT2D eigenvalue weighted by Gasteiger charge is -1.98. The average Bonchev–Trinajstić information content (AvgIpc) is 2.10. The first-order valence-corrected chi connectivity index (χ1v) is 4.00. The lowest BCUT2D eigenvalue weighted by Crippen LogP contribution is -2.13. The summed E-state index contributed by atoms with van der Waals surface area (Å²) < 4.78 is 0. The van der Waals surface area contributed by atoms with E-state index < -0.39 is 0 Å². The van der Waals surface area contributed by atoms with Gasteiger partial charge < -0.3 is 5.32 Å². The predicted molar refractivity (Wildman–Crippen MR) is 51.8 cm³/mol. The van der Waals surface area contributed by atoms with Crippen LogP contribution in [0, 0.1) is 0 Å². The maximum Gasteiger partial charge on any atom is 0.207 e. The van der Waals surface area contributed by atoms with Crippen LogP contribution in [0.4, 0.5) is 0 Å². The molecule has 0 aliphatic rings. The molecule has 0 atom stereocenters. The summed E-state index contributed by atoms with van der Waals surface area (Å²) in [5, 5.41) is 2.61. The first-order valence-electron chi connectivity index (χ1n) is 4.00. The third-order valence-electron chi connectivity index (χ3n) is 1.30. The quantitative estimate of drug-likeness (QED) is 0.472. The molecule has 12 heavy (non-hydrogen) atoms. The van der Waals surface area contributed by atoms with Crippen LogP contribution in [-0.4, -0.2) is 13.0 Å². The Balaban J connectivity index is 4.03. The highest BCUT2D eigenvalue weighted by Crippen LogP contribution is 1.97. The van der Waals surface area contributed by atoms with Crippen LogP contribution in [0.1, 0.15) is 13.3 Å². The molecule has 1 amide bonds. The van der Waals surface area contributed by atoms with Crippen LogP contribution in [0.3, 0.4) is 0 Å². The predicted octanol–water partition coefficient (Wildman–Crippen LogP) is 1.81. The van der Waals surface area contributed by atoms with Crippen molar-refractivity contribution in [2.24, 2.45) is 0 Å². The molecule has 0 rings (SSSR count). The average molecular weight is 165 g/mol. The van der Waals surface area contributed by atoms with E-state index in [0.29, 0.717) is 13.0 Å². The Morgan fingerprint density at radius 2 is 2.33 bits per heavy atom. The van der Waals surface area contributed by atoms with Crippen molar-refractivity contribution in [3.8, 4) is 0 Å². The van der Waals surface area contributed by atoms with E-state index in [1.54, 1.807) is 6.08 Å². The monoisotopic (exact) mass is 165 g/mol. The third kappa shape index (κ3) is 5.47. The molecular weight excluding hydrogens is 150 g/mol. The molecule has 0 unspecified atom stereocenters. The van der Waals surface area contributed by atoms with Crippen LogP contribution in [-0.2, 0) is 4.79 Å². The number of rotatable bonds is 6. The van der Waals surface area contributed by atoms with Crippen LogP contribution in [0.5, 0.6) is 0 Å². The van der Waals surface area contributed by atoms with Gasteiger partial charge in [-0.25, -0.2) is 0 Å². The number of carbonyl (C=O) groups excluding carboxylic acids is 1. The standard InChI is InChI=1S/C10H15NO/c1-3-5-7-10(6-4-2)8-11-9-12/h3,5-7,9H,1,4,8H2,2H3,(H,11,12)/b7-5-,10-6+. The molecule has 2 nitrogen and oxygen atoms in total. The molecule has 0 aliphatic carbocycles. The summed E-state index contributed by atoms with van der Waals surface area (Å²) in [6, 6.07) is 0. The van der Waals surface area contributed by atoms with Gasteiger partial charge in [0, 0.05) is 6.54 Å². The summed E-state index contributed by atoms with van der Waals surface area (Å²) in [5.74, 6) is 0. The van der Waals surface area contributed by atoms with E-state index in [4.69, 9.17) is 0 Å². The van der Waals surface area contributed by atoms with Gasteiger partial charge in [0.05, 0.1) is 0 Å². The molecule has 0 aromatic rings. The number of amides is 1. The van der Waals surface area contributed by atoms with Gasteiger partial charge in [-0.2, -0.15) is 0 Å². The van der Waals surface area contributed by atoms with Crippen molar-refractivity contribution in [3.05, 3.63) is 36.5 Å². The zero-order valence-corrected chi connectivity index (χ0v) is 7.42. The number of nitrogens with one attached hydrogen (secondary N) is 1. The van der Waals surface area contributed by atoms with Gasteiger partial charge in [0.2, 0.25) is 6.41 Å². The first-order chi connectivity index (χ1) is 5.85. The molecule has 0 aliphatic heterocycles. The fourth-order valence-corrected chi connectivity index (χ4v) is 0.812. The largest absolute Gasteiger partial charge is 0.355 e. The van der Waals surface area contributed by atoms with Gasteiger partial charge in [0.25, 0.3) is 0 Å². The van der Waals surface area contributed by atoms with Crippen molar-refractivity contribution >= 4 is 6.41 Å². The van der Waals surface area contributed by atoms with E-state index in [9.17, 15) is 4.79 Å². The lowest BCUT2D eigenvalue weighted by atomic mass is 10.2. The minimum Gasteiger partial charge on any atom is -0.355 e. The van der Waals surface area contributed by atoms with E-state index in [0.717, 1.165) is 12.0 Å². The Kier molecular flexibility index (Phi) is 6.94. The summed E-state index contributed by atoms with van der Waals surface area (Å²) in [4.78, 5) is 10.0. The zero-order chi connectivity index (χ0) is 9.23. The van der Waals surface area contributed by atoms with Crippen molar-refractivity contribution < 1.29 is 4.79 Å². The number of hydrogen-bond donors (Lipinski definition) is 1. The molecule has 0 aromatic carbocycles. The van der Waals surface area contributed by atoms with E-state index in [2.05, 4.69) is 24.9 Å². The van der Waals surface area contributed by atoms with Gasteiger partial charge in [0.15, 0.2) is 0 Å². The molecule has 0 spiro atoms. The zero-order valence-electron chi connectivity index (χ0n) is 7.42. The minimum atomic E-state index is 0.585. The van der Waals surface area contributed by atoms with E-state index in [-0.39, 0.29) is 0 Å². The highest BCUT2D eigenvalue weighted by molar-refractivity contribution is 5.47. The summed E-state index contributed by atoms with van der Waals surface area (Å²) in [7, 11) is 0. The Morgan fingerprint density at radius 3 is 2.83 bits per heavy atom. The van der Waals surface area contributed by atoms with Crippen molar-refractivity contribution in [1.82, 2.24) is 5.32 Å². The van der Waals surface area contributed by atoms with E-state index in [1.165, 1.54) is 0 Å². The van der Waals surface area contributed by atoms with Crippen molar-refractivity contribution in [2.45, 2.75) is 13.3 Å². The fraction of sp³-hybridized carbons (Fsp3) is 0.300.